The maximum atomic E-state index is 4.95. The standard InChI is InChI=1S/C26H21N3/c1-2-6-18-17(5-1)11-13-25(18)29-26-14-12-21-19(8-4-10-24(21)28-26)20-7-3-9-23-22(20)15-16-27-23/h1-10,12,14-16,25,27H,11,13H2,(H,28,29). The summed E-state index contributed by atoms with van der Waals surface area (Å²) < 4.78 is 0. The van der Waals surface area contributed by atoms with Crippen molar-refractivity contribution in [3.63, 3.8) is 0 Å². The Bertz CT molecular complexity index is 1350. The van der Waals surface area contributed by atoms with Crippen molar-refractivity contribution in [2.24, 2.45) is 0 Å². The Hall–Kier alpha value is -3.59. The lowest BCUT2D eigenvalue weighted by atomic mass is 9.97. The van der Waals surface area contributed by atoms with E-state index in [4.69, 9.17) is 4.98 Å². The number of hydrogen-bond acceptors (Lipinski definition) is 2. The Labute approximate surface area is 169 Å². The van der Waals surface area contributed by atoms with Gasteiger partial charge >= 0.3 is 0 Å². The molecule has 0 bridgehead atoms. The van der Waals surface area contributed by atoms with Crippen LogP contribution in [0.4, 0.5) is 5.82 Å². The Balaban J connectivity index is 1.40. The van der Waals surface area contributed by atoms with Crippen LogP contribution in [-0.2, 0) is 6.42 Å². The first-order valence-electron chi connectivity index (χ1n) is 10.2. The summed E-state index contributed by atoms with van der Waals surface area (Å²) in [7, 11) is 0. The Kier molecular flexibility index (Phi) is 3.66. The highest BCUT2D eigenvalue weighted by molar-refractivity contribution is 6.04. The lowest BCUT2D eigenvalue weighted by Gasteiger charge is -2.16. The van der Waals surface area contributed by atoms with E-state index in [1.165, 1.54) is 33.0 Å². The van der Waals surface area contributed by atoms with Crippen molar-refractivity contribution >= 4 is 27.6 Å². The molecule has 5 aromatic rings. The lowest BCUT2D eigenvalue weighted by Crippen LogP contribution is -2.08. The van der Waals surface area contributed by atoms with Crippen LogP contribution in [0, 0.1) is 0 Å². The first-order valence-corrected chi connectivity index (χ1v) is 10.2. The minimum Gasteiger partial charge on any atom is -0.363 e. The third kappa shape index (κ3) is 2.70. The van der Waals surface area contributed by atoms with Gasteiger partial charge in [0.25, 0.3) is 0 Å². The molecule has 6 rings (SSSR count). The molecule has 0 saturated heterocycles. The summed E-state index contributed by atoms with van der Waals surface area (Å²) in [4.78, 5) is 8.26. The summed E-state index contributed by atoms with van der Waals surface area (Å²) in [6.07, 6.45) is 4.25. The highest BCUT2D eigenvalue weighted by Crippen LogP contribution is 2.36. The predicted octanol–water partition coefficient (Wildman–Crippen LogP) is 6.48. The van der Waals surface area contributed by atoms with E-state index in [9.17, 15) is 0 Å². The molecule has 2 aromatic heterocycles. The number of fused-ring (bicyclic) bond motifs is 3. The number of rotatable bonds is 3. The largest absolute Gasteiger partial charge is 0.363 e. The van der Waals surface area contributed by atoms with Crippen molar-refractivity contribution < 1.29 is 0 Å². The Morgan fingerprint density at radius 3 is 2.62 bits per heavy atom. The van der Waals surface area contributed by atoms with Gasteiger partial charge in [-0.25, -0.2) is 4.98 Å². The zero-order valence-electron chi connectivity index (χ0n) is 16.0. The zero-order valence-corrected chi connectivity index (χ0v) is 16.0. The average Bonchev–Trinajstić information content (AvgIpc) is 3.40. The van der Waals surface area contributed by atoms with Gasteiger partial charge in [0.2, 0.25) is 0 Å². The van der Waals surface area contributed by atoms with Gasteiger partial charge in [-0.15, -0.1) is 0 Å². The van der Waals surface area contributed by atoms with Crippen LogP contribution in [-0.4, -0.2) is 9.97 Å². The van der Waals surface area contributed by atoms with Crippen LogP contribution >= 0.6 is 0 Å². The molecule has 0 amide bonds. The second-order valence-electron chi connectivity index (χ2n) is 7.75. The van der Waals surface area contributed by atoms with Crippen molar-refractivity contribution in [3.8, 4) is 11.1 Å². The third-order valence-electron chi connectivity index (χ3n) is 6.07. The average molecular weight is 375 g/mol. The molecule has 1 unspecified atom stereocenters. The van der Waals surface area contributed by atoms with Gasteiger partial charge in [0.15, 0.2) is 0 Å². The summed E-state index contributed by atoms with van der Waals surface area (Å²) in [5, 5.41) is 6.08. The number of aromatic nitrogens is 2. The van der Waals surface area contributed by atoms with E-state index in [0.29, 0.717) is 6.04 Å². The smallest absolute Gasteiger partial charge is 0.127 e. The van der Waals surface area contributed by atoms with Gasteiger partial charge in [-0.2, -0.15) is 0 Å². The summed E-state index contributed by atoms with van der Waals surface area (Å²) in [6, 6.07) is 28.3. The molecule has 0 aliphatic heterocycles. The van der Waals surface area contributed by atoms with Crippen molar-refractivity contribution in [2.75, 3.05) is 5.32 Å². The van der Waals surface area contributed by atoms with Crippen molar-refractivity contribution in [1.82, 2.24) is 9.97 Å². The molecule has 0 saturated carbocycles. The summed E-state index contributed by atoms with van der Waals surface area (Å²) in [6.45, 7) is 0. The number of benzene rings is 3. The number of aryl methyl sites for hydroxylation is 1. The fraction of sp³-hybridized carbons (Fsp3) is 0.115. The number of anilines is 1. The first-order chi connectivity index (χ1) is 14.4. The zero-order chi connectivity index (χ0) is 19.2. The molecular formula is C26H21N3. The number of nitrogens with one attached hydrogen (secondary N) is 2. The quantitative estimate of drug-likeness (QED) is 0.379. The molecule has 140 valence electrons. The molecule has 1 aliphatic carbocycles. The van der Waals surface area contributed by atoms with Crippen LogP contribution in [0.2, 0.25) is 0 Å². The molecule has 1 atom stereocenters. The van der Waals surface area contributed by atoms with Gasteiger partial charge < -0.3 is 10.3 Å². The molecule has 29 heavy (non-hydrogen) atoms. The molecule has 3 nitrogen and oxygen atoms in total. The molecule has 1 aliphatic rings. The lowest BCUT2D eigenvalue weighted by molar-refractivity contribution is 0.758. The van der Waals surface area contributed by atoms with Gasteiger partial charge in [-0.3, -0.25) is 0 Å². The van der Waals surface area contributed by atoms with E-state index in [1.807, 2.05) is 6.20 Å². The minimum absolute atomic E-state index is 0.341. The van der Waals surface area contributed by atoms with Gasteiger partial charge in [0.05, 0.1) is 11.6 Å². The molecule has 0 spiro atoms. The van der Waals surface area contributed by atoms with Gasteiger partial charge in [0, 0.05) is 22.5 Å². The maximum absolute atomic E-state index is 4.95. The molecule has 3 heteroatoms. The predicted molar refractivity (Wildman–Crippen MR) is 120 cm³/mol. The topological polar surface area (TPSA) is 40.7 Å². The number of H-pyrrole nitrogens is 1. The number of pyridine rings is 1. The van der Waals surface area contributed by atoms with Crippen LogP contribution in [0.25, 0.3) is 32.9 Å². The van der Waals surface area contributed by atoms with Crippen molar-refractivity contribution in [1.29, 1.82) is 0 Å². The van der Waals surface area contributed by atoms with Crippen LogP contribution in [0.3, 0.4) is 0 Å². The van der Waals surface area contributed by atoms with Gasteiger partial charge in [-0.1, -0.05) is 48.5 Å². The Morgan fingerprint density at radius 2 is 1.66 bits per heavy atom. The SMILES string of the molecule is c1ccc2c(c1)CCC2Nc1ccc2c(-c3cccc4[nH]ccc34)cccc2n1. The monoisotopic (exact) mass is 375 g/mol. The summed E-state index contributed by atoms with van der Waals surface area (Å²) in [5.74, 6) is 0.941. The molecular weight excluding hydrogens is 354 g/mol. The van der Waals surface area contributed by atoms with Crippen LogP contribution < -0.4 is 5.32 Å². The van der Waals surface area contributed by atoms with E-state index in [1.54, 1.807) is 0 Å². The minimum atomic E-state index is 0.341. The Morgan fingerprint density at radius 1 is 0.793 bits per heavy atom. The molecule has 3 aromatic carbocycles. The van der Waals surface area contributed by atoms with E-state index >= 15 is 0 Å². The van der Waals surface area contributed by atoms with Crippen molar-refractivity contribution in [2.45, 2.75) is 18.9 Å². The normalized spacial score (nSPS) is 15.7. The number of aromatic amines is 1. The second kappa shape index (κ2) is 6.49. The van der Waals surface area contributed by atoms with Crippen LogP contribution in [0.1, 0.15) is 23.6 Å². The number of hydrogen-bond donors (Lipinski definition) is 2. The van der Waals surface area contributed by atoms with E-state index in [0.717, 1.165) is 29.7 Å². The fourth-order valence-corrected chi connectivity index (χ4v) is 4.68. The second-order valence-corrected chi connectivity index (χ2v) is 7.75. The first kappa shape index (κ1) is 16.4. The number of nitrogens with zero attached hydrogens (tertiary/aromatic N) is 1. The maximum Gasteiger partial charge on any atom is 0.127 e. The molecule has 0 fully saturated rings. The highest BCUT2D eigenvalue weighted by Gasteiger charge is 2.22. The van der Waals surface area contributed by atoms with E-state index in [-0.39, 0.29) is 0 Å². The van der Waals surface area contributed by atoms with E-state index < -0.39 is 0 Å². The van der Waals surface area contributed by atoms with Gasteiger partial charge in [-0.05, 0) is 65.4 Å². The van der Waals surface area contributed by atoms with Gasteiger partial charge in [0.1, 0.15) is 5.82 Å². The molecule has 0 radical (unpaired) electrons. The summed E-state index contributed by atoms with van der Waals surface area (Å²) in [5.41, 5.74) is 7.49. The third-order valence-corrected chi connectivity index (χ3v) is 6.07. The van der Waals surface area contributed by atoms with Crippen molar-refractivity contribution in [3.05, 3.63) is 96.2 Å². The summed E-state index contributed by atoms with van der Waals surface area (Å²) >= 11 is 0. The molecule has 2 N–H and O–H groups in total. The van der Waals surface area contributed by atoms with Crippen LogP contribution in [0.15, 0.2) is 85.1 Å². The highest BCUT2D eigenvalue weighted by atomic mass is 15.0. The molecule has 2 heterocycles. The van der Waals surface area contributed by atoms with Crippen LogP contribution in [0.5, 0.6) is 0 Å². The fourth-order valence-electron chi connectivity index (χ4n) is 4.68. The van der Waals surface area contributed by atoms with E-state index in [2.05, 4.69) is 89.2 Å².